The fourth-order valence-corrected chi connectivity index (χ4v) is 6.44. The third-order valence-electron chi connectivity index (χ3n) is 8.72. The Labute approximate surface area is 263 Å². The molecule has 3 aromatic heterocycles. The van der Waals surface area contributed by atoms with Crippen molar-refractivity contribution in [1.82, 2.24) is 29.7 Å². The van der Waals surface area contributed by atoms with Gasteiger partial charge in [-0.15, -0.1) is 0 Å². The zero-order chi connectivity index (χ0) is 31.5. The number of nitrogens with zero attached hydrogens (tertiary/aromatic N) is 7. The number of nitrogens with one attached hydrogen (secondary N) is 1. The summed E-state index contributed by atoms with van der Waals surface area (Å²) in [4.78, 5) is 43.3. The first-order chi connectivity index (χ1) is 21.9. The van der Waals surface area contributed by atoms with Crippen molar-refractivity contribution >= 4 is 28.5 Å². The van der Waals surface area contributed by atoms with Gasteiger partial charge in [0.25, 0.3) is 5.91 Å². The van der Waals surface area contributed by atoms with Crippen LogP contribution in [0.15, 0.2) is 60.9 Å². The number of fused-ring (bicyclic) bond motifs is 1. The molecule has 0 bridgehead atoms. The van der Waals surface area contributed by atoms with E-state index in [-0.39, 0.29) is 24.0 Å². The second kappa shape index (κ2) is 13.0. The fraction of sp³-hybridized carbons (Fsp3) is 0.382. The highest BCUT2D eigenvalue weighted by Crippen LogP contribution is 2.32. The summed E-state index contributed by atoms with van der Waals surface area (Å²) in [7, 11) is 2.05. The van der Waals surface area contributed by atoms with Crippen LogP contribution in [0.4, 0.5) is 10.5 Å². The zero-order valence-electron chi connectivity index (χ0n) is 25.9. The Morgan fingerprint density at radius 1 is 1.07 bits per heavy atom. The first-order valence-corrected chi connectivity index (χ1v) is 15.6. The predicted molar refractivity (Wildman–Crippen MR) is 172 cm³/mol. The molecule has 2 aliphatic heterocycles. The van der Waals surface area contributed by atoms with Gasteiger partial charge in [-0.3, -0.25) is 9.36 Å². The number of likely N-dealkylation sites (tertiary alicyclic amines) is 1. The number of ether oxygens (including phenoxy) is 1. The van der Waals surface area contributed by atoms with Crippen molar-refractivity contribution in [3.8, 4) is 23.2 Å². The van der Waals surface area contributed by atoms with Crippen LogP contribution in [0.25, 0.3) is 22.2 Å². The Bertz CT molecular complexity index is 1760. The van der Waals surface area contributed by atoms with Gasteiger partial charge in [0.15, 0.2) is 5.69 Å². The first kappa shape index (κ1) is 30.1. The third-order valence-corrected chi connectivity index (χ3v) is 8.72. The van der Waals surface area contributed by atoms with Gasteiger partial charge in [-0.25, -0.2) is 14.8 Å². The van der Waals surface area contributed by atoms with Gasteiger partial charge in [-0.2, -0.15) is 5.26 Å². The molecule has 45 heavy (non-hydrogen) atoms. The second-order valence-corrected chi connectivity index (χ2v) is 11.6. The SMILES string of the molecule is CCOc1ncccc1-c1ccc(N2CCN(C(=O)n3ccc4cccc(C#N)c43)C[C@H]2CC)c(C(=O)N[C@@H]2CCN(C)C2)n1. The van der Waals surface area contributed by atoms with Gasteiger partial charge in [0.2, 0.25) is 5.88 Å². The number of nitriles is 1. The summed E-state index contributed by atoms with van der Waals surface area (Å²) < 4.78 is 7.35. The number of benzene rings is 1. The second-order valence-electron chi connectivity index (χ2n) is 11.6. The van der Waals surface area contributed by atoms with E-state index in [1.165, 1.54) is 0 Å². The van der Waals surface area contributed by atoms with Crippen LogP contribution in [0.3, 0.4) is 0 Å². The van der Waals surface area contributed by atoms with Crippen molar-refractivity contribution in [2.24, 2.45) is 0 Å². The number of anilines is 1. The molecular weight excluding hydrogens is 568 g/mol. The van der Waals surface area contributed by atoms with E-state index < -0.39 is 0 Å². The third kappa shape index (κ3) is 5.93. The maximum Gasteiger partial charge on any atom is 0.328 e. The minimum Gasteiger partial charge on any atom is -0.477 e. The van der Waals surface area contributed by atoms with E-state index in [1.807, 2.05) is 54.3 Å². The average molecular weight is 607 g/mol. The predicted octanol–water partition coefficient (Wildman–Crippen LogP) is 4.37. The summed E-state index contributed by atoms with van der Waals surface area (Å²) >= 11 is 0. The number of para-hydroxylation sites is 1. The highest BCUT2D eigenvalue weighted by atomic mass is 16.5. The number of hydrogen-bond acceptors (Lipinski definition) is 8. The molecule has 2 amide bonds. The van der Waals surface area contributed by atoms with Gasteiger partial charge < -0.3 is 24.8 Å². The topological polar surface area (TPSA) is 120 Å². The number of aromatic nitrogens is 3. The zero-order valence-corrected chi connectivity index (χ0v) is 25.9. The number of carbonyl (C=O) groups excluding carboxylic acids is 2. The Hall–Kier alpha value is -4.95. The van der Waals surface area contributed by atoms with Crippen LogP contribution in [0, 0.1) is 11.3 Å². The largest absolute Gasteiger partial charge is 0.477 e. The number of pyridine rings is 2. The summed E-state index contributed by atoms with van der Waals surface area (Å²) in [5, 5.41) is 13.7. The Kier molecular flexibility index (Phi) is 8.67. The molecular formula is C34H38N8O3. The number of piperazine rings is 1. The van der Waals surface area contributed by atoms with Gasteiger partial charge in [0.1, 0.15) is 6.07 Å². The number of likely N-dealkylation sites (N-methyl/N-ethyl adjacent to an activating group) is 1. The lowest BCUT2D eigenvalue weighted by molar-refractivity contribution is 0.0933. The molecule has 6 rings (SSSR count). The molecule has 11 heteroatoms. The number of carbonyl (C=O) groups is 2. The van der Waals surface area contributed by atoms with Crippen molar-refractivity contribution in [2.75, 3.05) is 51.3 Å². The molecule has 0 unspecified atom stereocenters. The van der Waals surface area contributed by atoms with Crippen molar-refractivity contribution in [3.63, 3.8) is 0 Å². The molecule has 0 radical (unpaired) electrons. The van der Waals surface area contributed by atoms with E-state index in [0.717, 1.165) is 42.6 Å². The number of amides is 2. The quantitative estimate of drug-likeness (QED) is 0.329. The maximum absolute atomic E-state index is 13.9. The van der Waals surface area contributed by atoms with Gasteiger partial charge in [-0.05, 0) is 69.8 Å². The summed E-state index contributed by atoms with van der Waals surface area (Å²) in [6.07, 6.45) is 5.06. The standard InChI is InChI=1S/C34H38N8O3/c1-4-26-22-40(34(44)42-17-13-23-8-6-9-24(20-35)31(23)42)18-19-41(26)29-12-11-28(27-10-7-15-36-33(27)45-5-2)38-30(29)32(43)37-25-14-16-39(3)21-25/h6-13,15,17,25-26H,4-5,14,16,18-19,21-22H2,1-3H3,(H,37,43)/t25-,26-/m1/s1. The van der Waals surface area contributed by atoms with E-state index in [9.17, 15) is 14.9 Å². The number of hydrogen-bond donors (Lipinski definition) is 1. The molecule has 1 aromatic carbocycles. The van der Waals surface area contributed by atoms with Crippen molar-refractivity contribution in [1.29, 1.82) is 5.26 Å². The van der Waals surface area contributed by atoms with Gasteiger partial charge in [0.05, 0.1) is 34.6 Å². The van der Waals surface area contributed by atoms with Crippen LogP contribution in [-0.4, -0.2) is 94.7 Å². The number of rotatable bonds is 7. The molecule has 1 N–H and O–H groups in total. The van der Waals surface area contributed by atoms with E-state index in [1.54, 1.807) is 23.0 Å². The van der Waals surface area contributed by atoms with Crippen LogP contribution in [0.5, 0.6) is 5.88 Å². The molecule has 0 aliphatic carbocycles. The molecule has 2 saturated heterocycles. The minimum atomic E-state index is -0.217. The molecule has 5 heterocycles. The fourth-order valence-electron chi connectivity index (χ4n) is 6.44. The van der Waals surface area contributed by atoms with Gasteiger partial charge >= 0.3 is 6.03 Å². The van der Waals surface area contributed by atoms with Crippen molar-refractivity contribution in [2.45, 2.75) is 38.8 Å². The normalized spacial score (nSPS) is 18.6. The van der Waals surface area contributed by atoms with Crippen LogP contribution in [-0.2, 0) is 0 Å². The van der Waals surface area contributed by atoms with E-state index in [2.05, 4.69) is 40.1 Å². The Morgan fingerprint density at radius 3 is 2.69 bits per heavy atom. The maximum atomic E-state index is 13.9. The molecule has 0 saturated carbocycles. The van der Waals surface area contributed by atoms with Crippen molar-refractivity contribution < 1.29 is 14.3 Å². The van der Waals surface area contributed by atoms with Crippen LogP contribution < -0.4 is 15.0 Å². The molecule has 0 spiro atoms. The monoisotopic (exact) mass is 606 g/mol. The summed E-state index contributed by atoms with van der Waals surface area (Å²) in [6, 6.07) is 17.0. The van der Waals surface area contributed by atoms with Crippen LogP contribution in [0.1, 0.15) is 42.7 Å². The molecule has 2 aliphatic rings. The molecule has 232 valence electrons. The lowest BCUT2D eigenvalue weighted by atomic mass is 10.1. The van der Waals surface area contributed by atoms with Crippen LogP contribution in [0.2, 0.25) is 0 Å². The first-order valence-electron chi connectivity index (χ1n) is 15.6. The molecule has 2 fully saturated rings. The highest BCUT2D eigenvalue weighted by molar-refractivity contribution is 5.99. The summed E-state index contributed by atoms with van der Waals surface area (Å²) in [5.41, 5.74) is 3.51. The van der Waals surface area contributed by atoms with E-state index in [4.69, 9.17) is 9.72 Å². The summed E-state index contributed by atoms with van der Waals surface area (Å²) in [5.74, 6) is 0.255. The smallest absolute Gasteiger partial charge is 0.328 e. The lowest BCUT2D eigenvalue weighted by Crippen LogP contribution is -2.56. The lowest BCUT2D eigenvalue weighted by Gasteiger charge is -2.43. The average Bonchev–Trinajstić information content (AvgIpc) is 3.70. The molecule has 11 nitrogen and oxygen atoms in total. The minimum absolute atomic E-state index is 0.0457. The van der Waals surface area contributed by atoms with Gasteiger partial charge in [-0.1, -0.05) is 19.1 Å². The van der Waals surface area contributed by atoms with Crippen molar-refractivity contribution in [3.05, 3.63) is 72.2 Å². The molecule has 2 atom stereocenters. The van der Waals surface area contributed by atoms with Crippen LogP contribution >= 0.6 is 0 Å². The highest BCUT2D eigenvalue weighted by Gasteiger charge is 2.33. The van der Waals surface area contributed by atoms with E-state index >= 15 is 0 Å². The Balaban J connectivity index is 1.31. The Morgan fingerprint density at radius 2 is 1.93 bits per heavy atom. The summed E-state index contributed by atoms with van der Waals surface area (Å²) in [6.45, 7) is 7.62. The van der Waals surface area contributed by atoms with Gasteiger partial charge in [0, 0.05) is 56.0 Å². The van der Waals surface area contributed by atoms with E-state index in [0.29, 0.717) is 54.6 Å². The molecule has 4 aromatic rings.